The van der Waals surface area contributed by atoms with Gasteiger partial charge in [-0.1, -0.05) is 6.07 Å². The number of nitrogens with one attached hydrogen (secondary N) is 1. The summed E-state index contributed by atoms with van der Waals surface area (Å²) in [5, 5.41) is 2.52. The van der Waals surface area contributed by atoms with Crippen molar-refractivity contribution in [3.8, 4) is 0 Å². The second-order valence-corrected chi connectivity index (χ2v) is 5.03. The third-order valence-corrected chi connectivity index (χ3v) is 3.30. The first-order chi connectivity index (χ1) is 8.97. The molecule has 0 atom stereocenters. The monoisotopic (exact) mass is 322 g/mol. The van der Waals surface area contributed by atoms with Crippen LogP contribution in [0.25, 0.3) is 0 Å². The number of carbonyl (C=O) groups excluding carboxylic acids is 1. The molecule has 98 valence electrons. The van der Waals surface area contributed by atoms with E-state index in [4.69, 9.17) is 5.73 Å². The predicted molar refractivity (Wildman–Crippen MR) is 77.6 cm³/mol. The average molecular weight is 323 g/mol. The molecule has 0 spiro atoms. The Morgan fingerprint density at radius 2 is 2.00 bits per heavy atom. The first-order valence-electron chi connectivity index (χ1n) is 5.60. The molecule has 2 rings (SSSR count). The lowest BCUT2D eigenvalue weighted by atomic mass is 10.1. The maximum Gasteiger partial charge on any atom is 0.256 e. The van der Waals surface area contributed by atoms with Gasteiger partial charge in [-0.25, -0.2) is 4.39 Å². The van der Waals surface area contributed by atoms with Crippen LogP contribution in [-0.4, -0.2) is 5.91 Å². The smallest absolute Gasteiger partial charge is 0.256 e. The minimum absolute atomic E-state index is 0.143. The fraction of sp³-hybridized carbons (Fsp3) is 0.0714. The zero-order valence-electron chi connectivity index (χ0n) is 10.2. The van der Waals surface area contributed by atoms with E-state index in [9.17, 15) is 9.18 Å². The average Bonchev–Trinajstić information content (AvgIpc) is 2.35. The van der Waals surface area contributed by atoms with Crippen molar-refractivity contribution in [2.45, 2.75) is 6.92 Å². The van der Waals surface area contributed by atoms with Crippen LogP contribution in [0.15, 0.2) is 40.9 Å². The summed E-state index contributed by atoms with van der Waals surface area (Å²) in [6, 6.07) is 9.51. The van der Waals surface area contributed by atoms with Crippen molar-refractivity contribution in [3.05, 3.63) is 57.8 Å². The molecule has 0 saturated heterocycles. The van der Waals surface area contributed by atoms with Gasteiger partial charge in [-0.15, -0.1) is 0 Å². The van der Waals surface area contributed by atoms with Crippen molar-refractivity contribution in [1.29, 1.82) is 0 Å². The number of carbonyl (C=O) groups is 1. The lowest BCUT2D eigenvalue weighted by Gasteiger charge is -2.09. The van der Waals surface area contributed by atoms with E-state index < -0.39 is 11.7 Å². The van der Waals surface area contributed by atoms with Crippen molar-refractivity contribution in [2.75, 3.05) is 11.1 Å². The highest BCUT2D eigenvalue weighted by atomic mass is 79.9. The van der Waals surface area contributed by atoms with Crippen LogP contribution in [-0.2, 0) is 0 Å². The second-order valence-electron chi connectivity index (χ2n) is 4.18. The van der Waals surface area contributed by atoms with Gasteiger partial charge in [0.2, 0.25) is 0 Å². The molecule has 0 radical (unpaired) electrons. The Morgan fingerprint density at radius 3 is 2.68 bits per heavy atom. The molecule has 3 nitrogen and oxygen atoms in total. The van der Waals surface area contributed by atoms with Gasteiger partial charge in [0, 0.05) is 10.2 Å². The summed E-state index contributed by atoms with van der Waals surface area (Å²) in [6.45, 7) is 1.78. The van der Waals surface area contributed by atoms with Crippen LogP contribution < -0.4 is 11.1 Å². The number of rotatable bonds is 2. The summed E-state index contributed by atoms with van der Waals surface area (Å²) in [5.41, 5.74) is 7.40. The van der Waals surface area contributed by atoms with Crippen molar-refractivity contribution in [2.24, 2.45) is 0 Å². The highest BCUT2D eigenvalue weighted by Crippen LogP contribution is 2.22. The lowest BCUT2D eigenvalue weighted by Crippen LogP contribution is -2.14. The fourth-order valence-electron chi connectivity index (χ4n) is 1.63. The normalized spacial score (nSPS) is 10.3. The predicted octanol–water partition coefficient (Wildman–Crippen LogP) is 3.73. The number of benzene rings is 2. The van der Waals surface area contributed by atoms with E-state index in [-0.39, 0.29) is 5.69 Å². The number of hydrogen-bond acceptors (Lipinski definition) is 2. The highest BCUT2D eigenvalue weighted by Gasteiger charge is 2.12. The zero-order valence-corrected chi connectivity index (χ0v) is 11.8. The Bertz CT molecular complexity index is 643. The fourth-order valence-corrected chi connectivity index (χ4v) is 2.05. The molecule has 0 aliphatic heterocycles. The standard InChI is InChI=1S/C14H12BrFN2O/c1-8-2-5-13(12(16)6-8)18-14(19)10-7-9(17)3-4-11(10)15/h2-7H,17H2,1H3,(H,18,19). The van der Waals surface area contributed by atoms with E-state index in [1.807, 2.05) is 0 Å². The topological polar surface area (TPSA) is 55.1 Å². The van der Waals surface area contributed by atoms with Gasteiger partial charge in [-0.05, 0) is 58.7 Å². The molecular formula is C14H12BrFN2O. The van der Waals surface area contributed by atoms with E-state index in [2.05, 4.69) is 21.2 Å². The zero-order chi connectivity index (χ0) is 14.0. The van der Waals surface area contributed by atoms with Crippen LogP contribution in [0, 0.1) is 12.7 Å². The molecule has 0 unspecified atom stereocenters. The summed E-state index contributed by atoms with van der Waals surface area (Å²) in [7, 11) is 0. The summed E-state index contributed by atoms with van der Waals surface area (Å²) in [6.07, 6.45) is 0. The van der Waals surface area contributed by atoms with Gasteiger partial charge in [0.1, 0.15) is 5.82 Å². The molecule has 2 aromatic rings. The Balaban J connectivity index is 2.28. The van der Waals surface area contributed by atoms with Gasteiger partial charge >= 0.3 is 0 Å². The molecule has 2 aromatic carbocycles. The van der Waals surface area contributed by atoms with Gasteiger partial charge in [0.05, 0.1) is 11.3 Å². The van der Waals surface area contributed by atoms with Crippen LogP contribution >= 0.6 is 15.9 Å². The molecular weight excluding hydrogens is 311 g/mol. The quantitative estimate of drug-likeness (QED) is 0.828. The lowest BCUT2D eigenvalue weighted by molar-refractivity contribution is 0.102. The Hall–Kier alpha value is -1.88. The Kier molecular flexibility index (Phi) is 3.85. The van der Waals surface area contributed by atoms with Crippen molar-refractivity contribution in [3.63, 3.8) is 0 Å². The van der Waals surface area contributed by atoms with Crippen molar-refractivity contribution >= 4 is 33.2 Å². The van der Waals surface area contributed by atoms with E-state index in [0.717, 1.165) is 5.56 Å². The van der Waals surface area contributed by atoms with Crippen LogP contribution in [0.2, 0.25) is 0 Å². The first-order valence-corrected chi connectivity index (χ1v) is 6.39. The number of halogens is 2. The van der Waals surface area contributed by atoms with E-state index in [1.165, 1.54) is 18.2 Å². The van der Waals surface area contributed by atoms with E-state index in [1.54, 1.807) is 25.1 Å². The van der Waals surface area contributed by atoms with E-state index in [0.29, 0.717) is 15.7 Å². The molecule has 0 bridgehead atoms. The van der Waals surface area contributed by atoms with Crippen LogP contribution in [0.1, 0.15) is 15.9 Å². The SMILES string of the molecule is Cc1ccc(NC(=O)c2cc(N)ccc2Br)c(F)c1. The van der Waals surface area contributed by atoms with Crippen molar-refractivity contribution < 1.29 is 9.18 Å². The van der Waals surface area contributed by atoms with Crippen LogP contribution in [0.4, 0.5) is 15.8 Å². The maximum atomic E-state index is 13.7. The molecule has 5 heteroatoms. The summed E-state index contributed by atoms with van der Waals surface area (Å²) < 4.78 is 14.3. The third-order valence-electron chi connectivity index (χ3n) is 2.61. The van der Waals surface area contributed by atoms with Crippen molar-refractivity contribution in [1.82, 2.24) is 0 Å². The van der Waals surface area contributed by atoms with Crippen LogP contribution in [0.3, 0.4) is 0 Å². The summed E-state index contributed by atoms with van der Waals surface area (Å²) in [5.74, 6) is -0.879. The van der Waals surface area contributed by atoms with Gasteiger partial charge in [-0.3, -0.25) is 4.79 Å². The van der Waals surface area contributed by atoms with Gasteiger partial charge < -0.3 is 11.1 Å². The Labute approximate surface area is 118 Å². The largest absolute Gasteiger partial charge is 0.399 e. The molecule has 0 fully saturated rings. The van der Waals surface area contributed by atoms with Gasteiger partial charge in [0.25, 0.3) is 5.91 Å². The molecule has 0 aliphatic carbocycles. The van der Waals surface area contributed by atoms with Gasteiger partial charge in [0.15, 0.2) is 0 Å². The van der Waals surface area contributed by atoms with Crippen LogP contribution in [0.5, 0.6) is 0 Å². The third kappa shape index (κ3) is 3.12. The molecule has 1 amide bonds. The molecule has 0 saturated carbocycles. The molecule has 19 heavy (non-hydrogen) atoms. The highest BCUT2D eigenvalue weighted by molar-refractivity contribution is 9.10. The minimum Gasteiger partial charge on any atom is -0.399 e. The van der Waals surface area contributed by atoms with Gasteiger partial charge in [-0.2, -0.15) is 0 Å². The maximum absolute atomic E-state index is 13.7. The second kappa shape index (κ2) is 5.40. The molecule has 0 aromatic heterocycles. The van der Waals surface area contributed by atoms with E-state index >= 15 is 0 Å². The number of aryl methyl sites for hydroxylation is 1. The number of nitrogens with two attached hydrogens (primary N) is 1. The Morgan fingerprint density at radius 1 is 1.26 bits per heavy atom. The molecule has 0 heterocycles. The summed E-state index contributed by atoms with van der Waals surface area (Å²) >= 11 is 3.26. The number of amides is 1. The molecule has 0 aliphatic rings. The first kappa shape index (κ1) is 13.5. The number of nitrogen functional groups attached to an aromatic ring is 1. The molecule has 3 N–H and O–H groups in total. The number of hydrogen-bond donors (Lipinski definition) is 2. The minimum atomic E-state index is -0.464. The number of anilines is 2. The summed E-state index contributed by atoms with van der Waals surface area (Å²) in [4.78, 5) is 12.1.